The third kappa shape index (κ3) is 2.80. The van der Waals surface area contributed by atoms with Crippen LogP contribution in [0.1, 0.15) is 0 Å². The van der Waals surface area contributed by atoms with E-state index >= 15 is 0 Å². The second-order valence-corrected chi connectivity index (χ2v) is 6.06. The number of aromatic amines is 1. The minimum absolute atomic E-state index is 0.511. The molecule has 1 aromatic heterocycles. The first-order chi connectivity index (χ1) is 9.11. The number of aromatic nitrogens is 2. The van der Waals surface area contributed by atoms with Crippen molar-refractivity contribution in [1.29, 1.82) is 0 Å². The number of nitrogens with one attached hydrogen (secondary N) is 2. The lowest BCUT2D eigenvalue weighted by Crippen LogP contribution is -1.91. The molecule has 0 aliphatic carbocycles. The van der Waals surface area contributed by atoms with Gasteiger partial charge in [-0.1, -0.05) is 23.2 Å². The van der Waals surface area contributed by atoms with Gasteiger partial charge in [0.05, 0.1) is 21.1 Å². The first kappa shape index (κ1) is 13.0. The Morgan fingerprint density at radius 1 is 1.05 bits per heavy atom. The van der Waals surface area contributed by atoms with Crippen LogP contribution in [0.5, 0.6) is 0 Å². The lowest BCUT2D eigenvalue weighted by atomic mass is 10.3. The Morgan fingerprint density at radius 2 is 1.89 bits per heavy atom. The number of hydrogen-bond donors (Lipinski definition) is 2. The number of fused-ring (bicyclic) bond motifs is 1. The fourth-order valence-electron chi connectivity index (χ4n) is 1.75. The van der Waals surface area contributed by atoms with Crippen molar-refractivity contribution in [3.63, 3.8) is 0 Å². The fraction of sp³-hybridized carbons (Fsp3) is 0. The third-order valence-corrected chi connectivity index (χ3v) is 4.04. The third-order valence-electron chi connectivity index (χ3n) is 2.63. The molecule has 0 saturated carbocycles. The molecule has 0 saturated heterocycles. The van der Waals surface area contributed by atoms with E-state index in [-0.39, 0.29) is 0 Å². The van der Waals surface area contributed by atoms with Gasteiger partial charge in [0.25, 0.3) is 0 Å². The van der Waals surface area contributed by atoms with E-state index in [0.29, 0.717) is 16.0 Å². The number of H-pyrrole nitrogens is 1. The molecular formula is C13H8Cl2IN3. The molecule has 3 nitrogen and oxygen atoms in total. The van der Waals surface area contributed by atoms with Crippen LogP contribution in [0.15, 0.2) is 36.4 Å². The summed E-state index contributed by atoms with van der Waals surface area (Å²) >= 11 is 14.1. The molecule has 6 heteroatoms. The molecule has 0 aliphatic heterocycles. The predicted molar refractivity (Wildman–Crippen MR) is 88.6 cm³/mol. The molecule has 3 aromatic rings. The first-order valence-electron chi connectivity index (χ1n) is 5.49. The lowest BCUT2D eigenvalue weighted by Gasteiger charge is -2.03. The van der Waals surface area contributed by atoms with Gasteiger partial charge in [-0.15, -0.1) is 0 Å². The van der Waals surface area contributed by atoms with E-state index in [0.717, 1.165) is 20.3 Å². The van der Waals surface area contributed by atoms with E-state index in [1.54, 1.807) is 12.1 Å². The average Bonchev–Trinajstić information content (AvgIpc) is 2.75. The van der Waals surface area contributed by atoms with E-state index in [2.05, 4.69) is 37.9 Å². The van der Waals surface area contributed by atoms with Gasteiger partial charge in [0, 0.05) is 9.26 Å². The van der Waals surface area contributed by atoms with Crippen LogP contribution in [0.25, 0.3) is 11.0 Å². The molecule has 0 aliphatic rings. The molecule has 0 atom stereocenters. The Bertz CT molecular complexity index is 755. The molecule has 0 amide bonds. The van der Waals surface area contributed by atoms with Gasteiger partial charge in [-0.05, 0) is 59.0 Å². The van der Waals surface area contributed by atoms with Crippen molar-refractivity contribution in [2.24, 2.45) is 0 Å². The van der Waals surface area contributed by atoms with Crippen LogP contribution in [0.3, 0.4) is 0 Å². The molecule has 0 bridgehead atoms. The zero-order valence-corrected chi connectivity index (χ0v) is 13.2. The number of hydrogen-bond acceptors (Lipinski definition) is 2. The van der Waals surface area contributed by atoms with Crippen molar-refractivity contribution >= 4 is 68.5 Å². The number of halogens is 3. The zero-order valence-electron chi connectivity index (χ0n) is 9.55. The Balaban J connectivity index is 1.94. The maximum atomic E-state index is 5.98. The number of imidazole rings is 1. The van der Waals surface area contributed by atoms with Crippen LogP contribution in [-0.2, 0) is 0 Å². The van der Waals surface area contributed by atoms with Crippen LogP contribution >= 0.6 is 45.8 Å². The Kier molecular flexibility index (Phi) is 3.56. The highest BCUT2D eigenvalue weighted by atomic mass is 127. The minimum Gasteiger partial charge on any atom is -0.326 e. The monoisotopic (exact) mass is 403 g/mol. The molecule has 2 aromatic carbocycles. The normalized spacial score (nSPS) is 10.9. The van der Waals surface area contributed by atoms with Gasteiger partial charge >= 0.3 is 0 Å². The molecule has 1 heterocycles. The van der Waals surface area contributed by atoms with Crippen molar-refractivity contribution in [3.05, 3.63) is 50.0 Å². The summed E-state index contributed by atoms with van der Waals surface area (Å²) in [6.45, 7) is 0. The van der Waals surface area contributed by atoms with Crippen LogP contribution < -0.4 is 5.32 Å². The molecule has 0 fully saturated rings. The van der Waals surface area contributed by atoms with Crippen LogP contribution in [-0.4, -0.2) is 9.97 Å². The highest BCUT2D eigenvalue weighted by Gasteiger charge is 2.05. The van der Waals surface area contributed by atoms with Crippen molar-refractivity contribution in [3.8, 4) is 0 Å². The molecule has 19 heavy (non-hydrogen) atoms. The SMILES string of the molecule is Clc1ccc(Nc2nc3ccc(I)cc3[nH]2)cc1Cl. The Hall–Kier alpha value is -0.980. The highest BCUT2D eigenvalue weighted by molar-refractivity contribution is 14.1. The van der Waals surface area contributed by atoms with Crippen molar-refractivity contribution in [2.45, 2.75) is 0 Å². The molecule has 0 radical (unpaired) electrons. The van der Waals surface area contributed by atoms with Gasteiger partial charge in [-0.3, -0.25) is 0 Å². The molecule has 96 valence electrons. The summed E-state index contributed by atoms with van der Waals surface area (Å²) in [5.41, 5.74) is 2.75. The summed E-state index contributed by atoms with van der Waals surface area (Å²) in [6, 6.07) is 11.4. The van der Waals surface area contributed by atoms with Crippen LogP contribution in [0, 0.1) is 3.57 Å². The average molecular weight is 404 g/mol. The van der Waals surface area contributed by atoms with Gasteiger partial charge < -0.3 is 10.3 Å². The summed E-state index contributed by atoms with van der Waals surface area (Å²) in [5, 5.41) is 4.21. The van der Waals surface area contributed by atoms with E-state index in [1.165, 1.54) is 0 Å². The quantitative estimate of drug-likeness (QED) is 0.576. The molecule has 2 N–H and O–H groups in total. The number of anilines is 2. The summed E-state index contributed by atoms with van der Waals surface area (Å²) in [4.78, 5) is 7.67. The van der Waals surface area contributed by atoms with E-state index in [1.807, 2.05) is 24.3 Å². The topological polar surface area (TPSA) is 40.7 Å². The van der Waals surface area contributed by atoms with Crippen LogP contribution in [0.2, 0.25) is 10.0 Å². The fourth-order valence-corrected chi connectivity index (χ4v) is 2.54. The predicted octanol–water partition coefficient (Wildman–Crippen LogP) is 5.22. The first-order valence-corrected chi connectivity index (χ1v) is 7.32. The number of rotatable bonds is 2. The standard InChI is InChI=1S/C13H8Cl2IN3/c14-9-3-2-8(6-10(9)15)17-13-18-11-4-1-7(16)5-12(11)19-13/h1-6H,(H2,17,18,19). The molecular weight excluding hydrogens is 396 g/mol. The van der Waals surface area contributed by atoms with Gasteiger partial charge in [-0.25, -0.2) is 4.98 Å². The largest absolute Gasteiger partial charge is 0.326 e. The summed E-state index contributed by atoms with van der Waals surface area (Å²) in [5.74, 6) is 0.676. The second-order valence-electron chi connectivity index (χ2n) is 4.00. The van der Waals surface area contributed by atoms with Gasteiger partial charge in [-0.2, -0.15) is 0 Å². The highest BCUT2D eigenvalue weighted by Crippen LogP contribution is 2.27. The van der Waals surface area contributed by atoms with E-state index in [4.69, 9.17) is 23.2 Å². The van der Waals surface area contributed by atoms with Gasteiger partial charge in [0.1, 0.15) is 0 Å². The maximum Gasteiger partial charge on any atom is 0.205 e. The lowest BCUT2D eigenvalue weighted by molar-refractivity contribution is 1.31. The Labute approximate surface area is 133 Å². The summed E-state index contributed by atoms with van der Waals surface area (Å²) < 4.78 is 1.16. The van der Waals surface area contributed by atoms with Crippen molar-refractivity contribution < 1.29 is 0 Å². The summed E-state index contributed by atoms with van der Waals surface area (Å²) in [7, 11) is 0. The minimum atomic E-state index is 0.511. The van der Waals surface area contributed by atoms with E-state index in [9.17, 15) is 0 Å². The van der Waals surface area contributed by atoms with Crippen molar-refractivity contribution in [2.75, 3.05) is 5.32 Å². The zero-order chi connectivity index (χ0) is 13.4. The van der Waals surface area contributed by atoms with Gasteiger partial charge in [0.2, 0.25) is 5.95 Å². The van der Waals surface area contributed by atoms with Gasteiger partial charge in [0.15, 0.2) is 0 Å². The second kappa shape index (κ2) is 5.19. The smallest absolute Gasteiger partial charge is 0.205 e. The maximum absolute atomic E-state index is 5.98. The number of benzene rings is 2. The molecule has 0 unspecified atom stereocenters. The van der Waals surface area contributed by atoms with E-state index < -0.39 is 0 Å². The summed E-state index contributed by atoms with van der Waals surface area (Å²) in [6.07, 6.45) is 0. The molecule has 0 spiro atoms. The molecule has 3 rings (SSSR count). The Morgan fingerprint density at radius 3 is 2.68 bits per heavy atom. The number of nitrogens with zero attached hydrogens (tertiary/aromatic N) is 1. The van der Waals surface area contributed by atoms with Crippen LogP contribution in [0.4, 0.5) is 11.6 Å². The van der Waals surface area contributed by atoms with Crippen molar-refractivity contribution in [1.82, 2.24) is 9.97 Å².